The Kier molecular flexibility index (Phi) is 5.76. The van der Waals surface area contributed by atoms with Crippen LogP contribution in [0.15, 0.2) is 12.3 Å². The number of likely N-dealkylation sites (tertiary alicyclic amines) is 1. The molecule has 2 fully saturated rings. The minimum atomic E-state index is -0.0692. The van der Waals surface area contributed by atoms with Crippen LogP contribution >= 0.6 is 0 Å². The smallest absolute Gasteiger partial charge is 0.269 e. The molecule has 0 radical (unpaired) electrons. The van der Waals surface area contributed by atoms with Crippen molar-refractivity contribution in [1.82, 2.24) is 30.2 Å². The summed E-state index contributed by atoms with van der Waals surface area (Å²) in [5.74, 6) is 0.724. The highest BCUT2D eigenvalue weighted by Crippen LogP contribution is 2.37. The summed E-state index contributed by atoms with van der Waals surface area (Å²) in [7, 11) is 1.89. The normalized spacial score (nSPS) is 25.8. The number of aromatic nitrogens is 4. The predicted molar refractivity (Wildman–Crippen MR) is 114 cm³/mol. The minimum absolute atomic E-state index is 0.0692. The molecule has 0 aromatic carbocycles. The van der Waals surface area contributed by atoms with E-state index in [9.17, 15) is 4.79 Å². The zero-order chi connectivity index (χ0) is 20.4. The molecule has 2 aromatic heterocycles. The minimum Gasteiger partial charge on any atom is -0.349 e. The summed E-state index contributed by atoms with van der Waals surface area (Å²) in [6, 6.07) is 1.83. The highest BCUT2D eigenvalue weighted by Gasteiger charge is 2.40. The lowest BCUT2D eigenvalue weighted by atomic mass is 9.75. The van der Waals surface area contributed by atoms with E-state index in [4.69, 9.17) is 0 Å². The van der Waals surface area contributed by atoms with E-state index in [2.05, 4.69) is 32.4 Å². The molecule has 3 heterocycles. The molecule has 1 saturated carbocycles. The molecule has 4 rings (SSSR count). The van der Waals surface area contributed by atoms with Gasteiger partial charge in [0.1, 0.15) is 5.69 Å². The van der Waals surface area contributed by atoms with Gasteiger partial charge in [-0.2, -0.15) is 10.2 Å². The maximum Gasteiger partial charge on any atom is 0.269 e. The number of aryl methyl sites for hydroxylation is 2. The third-order valence-electron chi connectivity index (χ3n) is 6.92. The Morgan fingerprint density at radius 1 is 1.28 bits per heavy atom. The number of carbonyl (C=O) groups excluding carboxylic acids is 1. The molecule has 1 amide bonds. The van der Waals surface area contributed by atoms with Crippen molar-refractivity contribution in [3.63, 3.8) is 0 Å². The van der Waals surface area contributed by atoms with Crippen molar-refractivity contribution < 1.29 is 4.79 Å². The Hall–Kier alpha value is -2.15. The van der Waals surface area contributed by atoms with Crippen LogP contribution in [-0.4, -0.2) is 56.0 Å². The molecular weight excluding hydrogens is 364 g/mol. The molecule has 158 valence electrons. The maximum atomic E-state index is 12.9. The van der Waals surface area contributed by atoms with Crippen molar-refractivity contribution in [3.8, 4) is 11.3 Å². The summed E-state index contributed by atoms with van der Waals surface area (Å²) in [6.45, 7) is 7.36. The largest absolute Gasteiger partial charge is 0.349 e. The Morgan fingerprint density at radius 3 is 2.66 bits per heavy atom. The van der Waals surface area contributed by atoms with Gasteiger partial charge in [0.25, 0.3) is 5.91 Å². The molecule has 1 saturated heterocycles. The number of rotatable bonds is 5. The Morgan fingerprint density at radius 2 is 2.00 bits per heavy atom. The summed E-state index contributed by atoms with van der Waals surface area (Å²) in [5.41, 5.74) is 3.25. The van der Waals surface area contributed by atoms with Crippen molar-refractivity contribution in [2.45, 2.75) is 64.3 Å². The van der Waals surface area contributed by atoms with Crippen molar-refractivity contribution in [1.29, 1.82) is 0 Å². The summed E-state index contributed by atoms with van der Waals surface area (Å²) in [6.07, 6.45) is 10.7. The Balaban J connectivity index is 1.45. The van der Waals surface area contributed by atoms with Crippen LogP contribution in [0.3, 0.4) is 0 Å². The van der Waals surface area contributed by atoms with Gasteiger partial charge >= 0.3 is 0 Å². The first-order valence-corrected chi connectivity index (χ1v) is 11.1. The zero-order valence-corrected chi connectivity index (χ0v) is 18.0. The molecule has 7 nitrogen and oxygen atoms in total. The molecule has 1 aliphatic carbocycles. The number of amides is 1. The molecule has 1 aliphatic heterocycles. The summed E-state index contributed by atoms with van der Waals surface area (Å²) >= 11 is 0. The van der Waals surface area contributed by atoms with Gasteiger partial charge in [-0.25, -0.2) is 0 Å². The summed E-state index contributed by atoms with van der Waals surface area (Å²) in [5, 5.41) is 14.9. The third-order valence-corrected chi connectivity index (χ3v) is 6.92. The molecule has 2 N–H and O–H groups in total. The number of nitrogens with zero attached hydrogens (tertiary/aromatic N) is 4. The molecule has 0 spiro atoms. The van der Waals surface area contributed by atoms with E-state index in [0.29, 0.717) is 5.69 Å². The van der Waals surface area contributed by atoms with Gasteiger partial charge in [-0.05, 0) is 70.5 Å². The number of piperidine rings is 1. The van der Waals surface area contributed by atoms with E-state index in [0.717, 1.165) is 29.4 Å². The van der Waals surface area contributed by atoms with E-state index in [-0.39, 0.29) is 11.4 Å². The van der Waals surface area contributed by atoms with Crippen molar-refractivity contribution in [2.75, 3.05) is 19.6 Å². The topological polar surface area (TPSA) is 78.8 Å². The van der Waals surface area contributed by atoms with Crippen LogP contribution in [0.2, 0.25) is 0 Å². The fourth-order valence-corrected chi connectivity index (χ4v) is 5.04. The highest BCUT2D eigenvalue weighted by molar-refractivity contribution is 5.93. The van der Waals surface area contributed by atoms with Crippen LogP contribution < -0.4 is 5.32 Å². The molecule has 0 atom stereocenters. The maximum absolute atomic E-state index is 12.9. The second-order valence-corrected chi connectivity index (χ2v) is 9.11. The lowest BCUT2D eigenvalue weighted by Gasteiger charge is -2.49. The molecule has 0 unspecified atom stereocenters. The van der Waals surface area contributed by atoms with Gasteiger partial charge in [-0.15, -0.1) is 0 Å². The van der Waals surface area contributed by atoms with Crippen LogP contribution in [0.4, 0.5) is 0 Å². The predicted octanol–water partition coefficient (Wildman–Crippen LogP) is 3.28. The van der Waals surface area contributed by atoms with Crippen LogP contribution in [0.5, 0.6) is 0 Å². The van der Waals surface area contributed by atoms with Gasteiger partial charge < -0.3 is 5.32 Å². The molecule has 0 bridgehead atoms. The molecule has 29 heavy (non-hydrogen) atoms. The zero-order valence-electron chi connectivity index (χ0n) is 18.0. The van der Waals surface area contributed by atoms with E-state index in [1.165, 1.54) is 58.0 Å². The van der Waals surface area contributed by atoms with Crippen molar-refractivity contribution in [2.24, 2.45) is 13.0 Å². The lowest BCUT2D eigenvalue weighted by molar-refractivity contribution is 0.0229. The average molecular weight is 399 g/mol. The van der Waals surface area contributed by atoms with Gasteiger partial charge in [-0.1, -0.05) is 13.3 Å². The quantitative estimate of drug-likeness (QED) is 0.810. The summed E-state index contributed by atoms with van der Waals surface area (Å²) < 4.78 is 1.77. The Bertz CT molecular complexity index is 839. The van der Waals surface area contributed by atoms with E-state index in [1.54, 1.807) is 4.68 Å². The van der Waals surface area contributed by atoms with Gasteiger partial charge in [0, 0.05) is 30.9 Å². The van der Waals surface area contributed by atoms with Crippen LogP contribution in [0.25, 0.3) is 11.3 Å². The molecule has 7 heteroatoms. The fourth-order valence-electron chi connectivity index (χ4n) is 5.04. The van der Waals surface area contributed by atoms with Crippen molar-refractivity contribution in [3.05, 3.63) is 23.7 Å². The second kappa shape index (κ2) is 8.30. The first-order chi connectivity index (χ1) is 14.0. The van der Waals surface area contributed by atoms with Crippen LogP contribution in [-0.2, 0) is 7.05 Å². The van der Waals surface area contributed by atoms with Gasteiger partial charge in [-0.3, -0.25) is 19.5 Å². The number of carbonyl (C=O) groups is 1. The van der Waals surface area contributed by atoms with Crippen molar-refractivity contribution >= 4 is 5.91 Å². The number of hydrogen-bond acceptors (Lipinski definition) is 4. The van der Waals surface area contributed by atoms with Gasteiger partial charge in [0.2, 0.25) is 0 Å². The van der Waals surface area contributed by atoms with E-state index >= 15 is 0 Å². The second-order valence-electron chi connectivity index (χ2n) is 9.11. The molecular formula is C22H34N6O. The third kappa shape index (κ3) is 4.25. The number of aromatic amines is 1. The fraction of sp³-hybridized carbons (Fsp3) is 0.682. The SMILES string of the molecule is Cc1nn(C)cc1-c1cc(C(=O)NCC2(N3CCCCC3)CCC(C)CC2)[nH]n1. The van der Waals surface area contributed by atoms with E-state index < -0.39 is 0 Å². The summed E-state index contributed by atoms with van der Waals surface area (Å²) in [4.78, 5) is 15.6. The number of H-pyrrole nitrogens is 1. The molecule has 2 aliphatic rings. The first kappa shape index (κ1) is 20.1. The average Bonchev–Trinajstić information content (AvgIpc) is 3.34. The lowest BCUT2D eigenvalue weighted by Crippen LogP contribution is -2.58. The van der Waals surface area contributed by atoms with Gasteiger partial charge in [0.15, 0.2) is 0 Å². The first-order valence-electron chi connectivity index (χ1n) is 11.1. The van der Waals surface area contributed by atoms with Crippen LogP contribution in [0.1, 0.15) is 68.1 Å². The Labute approximate surface area is 173 Å². The standard InChI is InChI=1S/C22H34N6O/c1-16-7-9-22(10-8-16,28-11-5-4-6-12-28)15-23-21(29)20-13-19(24-25-20)18-14-27(3)26-17(18)2/h13-14,16H,4-12,15H2,1-3H3,(H,23,29)(H,24,25). The number of nitrogens with one attached hydrogen (secondary N) is 2. The molecule has 2 aromatic rings. The number of hydrogen-bond donors (Lipinski definition) is 2. The van der Waals surface area contributed by atoms with Crippen LogP contribution in [0, 0.1) is 12.8 Å². The monoisotopic (exact) mass is 398 g/mol. The highest BCUT2D eigenvalue weighted by atomic mass is 16.1. The van der Waals surface area contributed by atoms with E-state index in [1.807, 2.05) is 26.2 Å². The van der Waals surface area contributed by atoms with Gasteiger partial charge in [0.05, 0.1) is 11.4 Å².